The van der Waals surface area contributed by atoms with Crippen LogP contribution in [0, 0.1) is 6.92 Å². The van der Waals surface area contributed by atoms with Crippen LogP contribution in [0.3, 0.4) is 0 Å². The van der Waals surface area contributed by atoms with Crippen molar-refractivity contribution in [3.8, 4) is 0 Å². The van der Waals surface area contributed by atoms with E-state index in [4.69, 9.17) is 10.5 Å². The van der Waals surface area contributed by atoms with Gasteiger partial charge in [0.1, 0.15) is 0 Å². The van der Waals surface area contributed by atoms with Crippen LogP contribution in [0.5, 0.6) is 0 Å². The number of aryl methyl sites for hydroxylation is 1. The molecule has 27 heavy (non-hydrogen) atoms. The molecule has 0 bridgehead atoms. The number of hydrogen-bond donors (Lipinski definition) is 3. The van der Waals surface area contributed by atoms with Gasteiger partial charge in [-0.1, -0.05) is 47.4 Å². The average molecular weight is 406 g/mol. The van der Waals surface area contributed by atoms with Crippen molar-refractivity contribution in [2.24, 2.45) is 0 Å². The molecule has 0 radical (unpaired) electrons. The van der Waals surface area contributed by atoms with E-state index in [1.54, 1.807) is 6.92 Å². The minimum Gasteiger partial charge on any atom is -0.463 e. The van der Waals surface area contributed by atoms with E-state index in [2.05, 4.69) is 20.8 Å². The molecule has 4 N–H and O–H groups in total. The topological polar surface area (TPSA) is 119 Å². The van der Waals surface area contributed by atoms with Crippen LogP contribution in [0.2, 0.25) is 0 Å². The third-order valence-corrected chi connectivity index (χ3v) is 5.82. The Morgan fingerprint density at radius 2 is 2.15 bits per heavy atom. The highest BCUT2D eigenvalue weighted by Crippen LogP contribution is 2.32. The standard InChI is InChI=1S/C17H19N5O3S2/c1-3-25-14(23)12-11(8-26-17-22-21-15(18)27-17)19-16(24)20-13(12)10-7-5-4-6-9(10)2/h4-7,13H,3,8H2,1-2H3,(H2,18,21)(H2,19,20,24)/t13-/m1/s1. The van der Waals surface area contributed by atoms with Crippen LogP contribution in [0.25, 0.3) is 0 Å². The van der Waals surface area contributed by atoms with Crippen LogP contribution in [0.15, 0.2) is 39.9 Å². The van der Waals surface area contributed by atoms with Crippen molar-refractivity contribution < 1.29 is 14.3 Å². The lowest BCUT2D eigenvalue weighted by Crippen LogP contribution is -2.46. The summed E-state index contributed by atoms with van der Waals surface area (Å²) >= 11 is 2.60. The summed E-state index contributed by atoms with van der Waals surface area (Å²) in [4.78, 5) is 24.9. The van der Waals surface area contributed by atoms with E-state index in [9.17, 15) is 9.59 Å². The molecular formula is C17H19N5O3S2. The number of carbonyl (C=O) groups is 2. The van der Waals surface area contributed by atoms with E-state index < -0.39 is 12.0 Å². The van der Waals surface area contributed by atoms with Gasteiger partial charge in [-0.3, -0.25) is 0 Å². The summed E-state index contributed by atoms with van der Waals surface area (Å²) in [7, 11) is 0. The van der Waals surface area contributed by atoms with Crippen LogP contribution in [-0.2, 0) is 9.53 Å². The van der Waals surface area contributed by atoms with Crippen LogP contribution >= 0.6 is 23.1 Å². The van der Waals surface area contributed by atoms with E-state index in [-0.39, 0.29) is 12.6 Å². The van der Waals surface area contributed by atoms with E-state index >= 15 is 0 Å². The lowest BCUT2D eigenvalue weighted by atomic mass is 9.92. The predicted octanol–water partition coefficient (Wildman–Crippen LogP) is 2.39. The molecule has 0 unspecified atom stereocenters. The lowest BCUT2D eigenvalue weighted by Gasteiger charge is -2.30. The number of nitrogens with zero attached hydrogens (tertiary/aromatic N) is 2. The number of aromatic nitrogens is 2. The van der Waals surface area contributed by atoms with Gasteiger partial charge in [-0.25, -0.2) is 9.59 Å². The Bertz CT molecular complexity index is 896. The number of carbonyl (C=O) groups excluding carboxylic acids is 2. The molecule has 2 heterocycles. The molecule has 1 aliphatic rings. The molecule has 0 saturated carbocycles. The molecule has 0 spiro atoms. The minimum absolute atomic E-state index is 0.240. The molecule has 2 amide bonds. The molecule has 142 valence electrons. The summed E-state index contributed by atoms with van der Waals surface area (Å²) in [6, 6.07) is 6.65. The Labute approximate surface area is 164 Å². The van der Waals surface area contributed by atoms with Gasteiger partial charge in [-0.2, -0.15) is 0 Å². The molecule has 8 nitrogen and oxygen atoms in total. The van der Waals surface area contributed by atoms with Crippen molar-refractivity contribution in [3.63, 3.8) is 0 Å². The summed E-state index contributed by atoms with van der Waals surface area (Å²) in [5.74, 6) is -0.135. The molecule has 1 atom stereocenters. The van der Waals surface area contributed by atoms with E-state index in [0.29, 0.717) is 26.5 Å². The molecule has 0 fully saturated rings. The molecule has 1 aromatic carbocycles. The molecule has 1 aliphatic heterocycles. The number of benzene rings is 1. The molecule has 10 heteroatoms. The van der Waals surface area contributed by atoms with Gasteiger partial charge in [0.25, 0.3) is 0 Å². The third kappa shape index (κ3) is 4.40. The van der Waals surface area contributed by atoms with E-state index in [1.807, 2.05) is 31.2 Å². The second kappa shape index (κ2) is 8.40. The summed E-state index contributed by atoms with van der Waals surface area (Å²) in [5.41, 5.74) is 8.29. The number of thioether (sulfide) groups is 1. The Morgan fingerprint density at radius 3 is 2.81 bits per heavy atom. The second-order valence-electron chi connectivity index (χ2n) is 5.70. The van der Waals surface area contributed by atoms with Crippen LogP contribution in [-0.4, -0.2) is 34.6 Å². The third-order valence-electron chi connectivity index (χ3n) is 3.91. The van der Waals surface area contributed by atoms with Crippen molar-refractivity contribution in [3.05, 3.63) is 46.7 Å². The van der Waals surface area contributed by atoms with Crippen LogP contribution < -0.4 is 16.4 Å². The highest BCUT2D eigenvalue weighted by atomic mass is 32.2. The maximum absolute atomic E-state index is 12.7. The molecular weight excluding hydrogens is 386 g/mol. The Morgan fingerprint density at radius 1 is 1.37 bits per heavy atom. The fourth-order valence-electron chi connectivity index (χ4n) is 2.74. The Hall–Kier alpha value is -2.59. The summed E-state index contributed by atoms with van der Waals surface area (Å²) < 4.78 is 5.91. The highest BCUT2D eigenvalue weighted by molar-refractivity contribution is 8.01. The molecule has 0 aliphatic carbocycles. The fourth-order valence-corrected chi connectivity index (χ4v) is 4.34. The smallest absolute Gasteiger partial charge is 0.338 e. The number of anilines is 1. The number of esters is 1. The largest absolute Gasteiger partial charge is 0.463 e. The molecule has 2 aromatic rings. The predicted molar refractivity (Wildman–Crippen MR) is 104 cm³/mol. The number of nitrogens with two attached hydrogens (primary N) is 1. The van der Waals surface area contributed by atoms with Crippen molar-refractivity contribution >= 4 is 40.2 Å². The zero-order valence-corrected chi connectivity index (χ0v) is 16.4. The quantitative estimate of drug-likeness (QED) is 0.499. The first-order valence-electron chi connectivity index (χ1n) is 8.24. The Balaban J connectivity index is 1.99. The molecule has 3 rings (SSSR count). The van der Waals surface area contributed by atoms with Gasteiger partial charge in [-0.15, -0.1) is 10.2 Å². The van der Waals surface area contributed by atoms with Crippen LogP contribution in [0.1, 0.15) is 24.1 Å². The van der Waals surface area contributed by atoms with Gasteiger partial charge in [0.15, 0.2) is 4.34 Å². The monoisotopic (exact) mass is 405 g/mol. The number of nitrogens with one attached hydrogen (secondary N) is 2. The molecule has 0 saturated heterocycles. The number of urea groups is 1. The summed E-state index contributed by atoms with van der Waals surface area (Å²) in [6.07, 6.45) is 0. The van der Waals surface area contributed by atoms with Gasteiger partial charge < -0.3 is 21.1 Å². The highest BCUT2D eigenvalue weighted by Gasteiger charge is 2.34. The van der Waals surface area contributed by atoms with Gasteiger partial charge in [-0.05, 0) is 25.0 Å². The minimum atomic E-state index is -0.589. The zero-order chi connectivity index (χ0) is 19.4. The SMILES string of the molecule is CCOC(=O)C1=C(CSc2nnc(N)s2)NC(=O)N[C@@H]1c1ccccc1C. The van der Waals surface area contributed by atoms with E-state index in [0.717, 1.165) is 11.1 Å². The first kappa shape index (κ1) is 19.2. The van der Waals surface area contributed by atoms with Crippen molar-refractivity contribution in [1.82, 2.24) is 20.8 Å². The van der Waals surface area contributed by atoms with Gasteiger partial charge >= 0.3 is 12.0 Å². The van der Waals surface area contributed by atoms with Crippen LogP contribution in [0.4, 0.5) is 9.93 Å². The normalized spacial score (nSPS) is 16.7. The number of amides is 2. The second-order valence-corrected chi connectivity index (χ2v) is 7.93. The van der Waals surface area contributed by atoms with Crippen molar-refractivity contribution in [2.45, 2.75) is 24.2 Å². The molecule has 1 aromatic heterocycles. The summed E-state index contributed by atoms with van der Waals surface area (Å²) in [5, 5.41) is 13.7. The number of ether oxygens (including phenoxy) is 1. The average Bonchev–Trinajstić information content (AvgIpc) is 3.05. The number of nitrogen functional groups attached to an aromatic ring is 1. The lowest BCUT2D eigenvalue weighted by molar-refractivity contribution is -0.139. The number of rotatable bonds is 6. The first-order chi connectivity index (χ1) is 13.0. The summed E-state index contributed by atoms with van der Waals surface area (Å²) in [6.45, 7) is 3.92. The van der Waals surface area contributed by atoms with Gasteiger partial charge in [0.05, 0.1) is 18.2 Å². The first-order valence-corrected chi connectivity index (χ1v) is 10.0. The van der Waals surface area contributed by atoms with Crippen molar-refractivity contribution in [2.75, 3.05) is 18.1 Å². The fraction of sp³-hybridized carbons (Fsp3) is 0.294. The maximum Gasteiger partial charge on any atom is 0.338 e. The Kier molecular flexibility index (Phi) is 5.97. The van der Waals surface area contributed by atoms with Gasteiger partial charge in [0, 0.05) is 11.4 Å². The van der Waals surface area contributed by atoms with E-state index in [1.165, 1.54) is 23.1 Å². The zero-order valence-electron chi connectivity index (χ0n) is 14.8. The number of hydrogen-bond acceptors (Lipinski definition) is 8. The maximum atomic E-state index is 12.7. The van der Waals surface area contributed by atoms with Gasteiger partial charge in [0.2, 0.25) is 5.13 Å². The van der Waals surface area contributed by atoms with Crippen molar-refractivity contribution in [1.29, 1.82) is 0 Å².